The van der Waals surface area contributed by atoms with Gasteiger partial charge in [0.05, 0.1) is 15.9 Å². The summed E-state index contributed by atoms with van der Waals surface area (Å²) in [6.07, 6.45) is 7.58. The second-order valence-corrected chi connectivity index (χ2v) is 15.8. The van der Waals surface area contributed by atoms with Crippen LogP contribution in [0.3, 0.4) is 0 Å². The van der Waals surface area contributed by atoms with Gasteiger partial charge in [-0.2, -0.15) is 0 Å². The molecule has 10 aromatic rings. The lowest BCUT2D eigenvalue weighted by Crippen LogP contribution is -2.09. The maximum Gasteiger partial charge on any atom is 0.163 e. The van der Waals surface area contributed by atoms with Crippen LogP contribution in [0.15, 0.2) is 164 Å². The summed E-state index contributed by atoms with van der Waals surface area (Å²) in [5.41, 5.74) is 7.48. The standard InChI is InChI=1S/C48H30N4S2/c1-3-13-29(14-4-1)46-50-47(30-15-5-2-6-16-30)52-48(51-46)33-18-11-17-32(27-33)44-45-43(36-20-8-10-23-40(36)54-45)37-28-31(25-26-38(37)49-44)34-21-12-24-41-42(34)35-19-7-9-22-39(35)53-41/h1-17,19-28,33H,18H2. The average Bonchev–Trinajstić information content (AvgIpc) is 3.83. The molecule has 1 aliphatic rings. The summed E-state index contributed by atoms with van der Waals surface area (Å²) in [6, 6.07) is 51.4. The number of fused-ring (bicyclic) bond motifs is 8. The number of pyridine rings is 1. The number of hydrogen-bond acceptors (Lipinski definition) is 6. The molecule has 0 fully saturated rings. The van der Waals surface area contributed by atoms with E-state index >= 15 is 0 Å². The minimum absolute atomic E-state index is 0.0388. The Morgan fingerprint density at radius 1 is 0.500 bits per heavy atom. The molecule has 54 heavy (non-hydrogen) atoms. The van der Waals surface area contributed by atoms with E-state index in [-0.39, 0.29) is 5.92 Å². The van der Waals surface area contributed by atoms with Crippen LogP contribution in [0.5, 0.6) is 0 Å². The van der Waals surface area contributed by atoms with Crippen LogP contribution >= 0.6 is 22.7 Å². The van der Waals surface area contributed by atoms with Gasteiger partial charge in [-0.1, -0.05) is 133 Å². The van der Waals surface area contributed by atoms with E-state index in [1.54, 1.807) is 0 Å². The molecular formula is C48H30N4S2. The summed E-state index contributed by atoms with van der Waals surface area (Å²) in [6.45, 7) is 0. The highest BCUT2D eigenvalue weighted by Gasteiger charge is 2.23. The third kappa shape index (κ3) is 5.17. The van der Waals surface area contributed by atoms with Gasteiger partial charge in [0.25, 0.3) is 0 Å². The van der Waals surface area contributed by atoms with Crippen LogP contribution in [0.1, 0.15) is 23.9 Å². The van der Waals surface area contributed by atoms with Crippen LogP contribution in [0.25, 0.3) is 90.7 Å². The first-order valence-electron chi connectivity index (χ1n) is 18.2. The molecule has 0 bridgehead atoms. The molecule has 4 nitrogen and oxygen atoms in total. The SMILES string of the molecule is C1=CC(c2nc3ccc(-c4cccc5sc6ccccc6c45)cc3c3c2sc2ccccc23)=CC(c2nc(-c3ccccc3)nc(-c3ccccc3)n2)C1. The molecule has 0 saturated carbocycles. The molecule has 1 unspecified atom stereocenters. The fraction of sp³-hybridized carbons (Fsp3) is 0.0417. The van der Waals surface area contributed by atoms with Crippen LogP contribution in [0.2, 0.25) is 0 Å². The summed E-state index contributed by atoms with van der Waals surface area (Å²) in [5.74, 6) is 2.09. The first-order chi connectivity index (χ1) is 26.7. The van der Waals surface area contributed by atoms with Gasteiger partial charge in [-0.25, -0.2) is 19.9 Å². The third-order valence-electron chi connectivity index (χ3n) is 10.4. The Labute approximate surface area is 319 Å². The molecule has 1 atom stereocenters. The van der Waals surface area contributed by atoms with E-state index in [1.807, 2.05) is 59.1 Å². The number of rotatable bonds is 5. The quantitative estimate of drug-likeness (QED) is 0.177. The lowest BCUT2D eigenvalue weighted by molar-refractivity contribution is 0.766. The second kappa shape index (κ2) is 12.7. The van der Waals surface area contributed by atoms with Crippen LogP contribution < -0.4 is 0 Å². The molecule has 0 saturated heterocycles. The molecule has 0 spiro atoms. The molecule has 254 valence electrons. The summed E-state index contributed by atoms with van der Waals surface area (Å²) >= 11 is 3.68. The Bertz CT molecular complexity index is 3080. The monoisotopic (exact) mass is 726 g/mol. The zero-order valence-electron chi connectivity index (χ0n) is 29.0. The molecule has 11 rings (SSSR count). The molecule has 0 amide bonds. The molecule has 1 aliphatic carbocycles. The van der Waals surface area contributed by atoms with E-state index in [0.717, 1.165) is 40.2 Å². The van der Waals surface area contributed by atoms with Gasteiger partial charge in [-0.3, -0.25) is 0 Å². The summed E-state index contributed by atoms with van der Waals surface area (Å²) in [5, 5.41) is 6.32. The van der Waals surface area contributed by atoms with Gasteiger partial charge in [0, 0.05) is 58.1 Å². The normalized spacial score (nSPS) is 14.4. The van der Waals surface area contributed by atoms with Crippen molar-refractivity contribution in [1.29, 1.82) is 0 Å². The molecule has 0 radical (unpaired) electrons. The Morgan fingerprint density at radius 3 is 1.89 bits per heavy atom. The highest BCUT2D eigenvalue weighted by molar-refractivity contribution is 7.26. The first-order valence-corrected chi connectivity index (χ1v) is 19.8. The molecule has 6 aromatic carbocycles. The smallest absolute Gasteiger partial charge is 0.163 e. The van der Waals surface area contributed by atoms with Gasteiger partial charge in [-0.15, -0.1) is 22.7 Å². The number of allylic oxidation sites excluding steroid dienone is 4. The molecule has 0 aliphatic heterocycles. The highest BCUT2D eigenvalue weighted by Crippen LogP contribution is 2.45. The van der Waals surface area contributed by atoms with Crippen LogP contribution in [-0.2, 0) is 0 Å². The van der Waals surface area contributed by atoms with Crippen molar-refractivity contribution < 1.29 is 0 Å². The minimum Gasteiger partial charge on any atom is -0.246 e. The largest absolute Gasteiger partial charge is 0.246 e. The van der Waals surface area contributed by atoms with Gasteiger partial charge < -0.3 is 0 Å². The Hall–Kier alpha value is -6.34. The van der Waals surface area contributed by atoms with E-state index in [4.69, 9.17) is 19.9 Å². The molecule has 4 heterocycles. The van der Waals surface area contributed by atoms with Gasteiger partial charge in [0.15, 0.2) is 11.6 Å². The number of thiophene rings is 2. The number of benzene rings is 6. The van der Waals surface area contributed by atoms with Crippen molar-refractivity contribution in [2.75, 3.05) is 0 Å². The maximum absolute atomic E-state index is 5.46. The third-order valence-corrected chi connectivity index (χ3v) is 12.7. The number of aromatic nitrogens is 4. The molecule has 4 aromatic heterocycles. The van der Waals surface area contributed by atoms with E-state index in [0.29, 0.717) is 11.6 Å². The van der Waals surface area contributed by atoms with E-state index in [1.165, 1.54) is 56.9 Å². The van der Waals surface area contributed by atoms with Crippen LogP contribution in [-0.4, -0.2) is 19.9 Å². The van der Waals surface area contributed by atoms with Crippen molar-refractivity contribution >= 4 is 79.5 Å². The van der Waals surface area contributed by atoms with E-state index < -0.39 is 0 Å². The predicted molar refractivity (Wildman–Crippen MR) is 228 cm³/mol. The first kappa shape index (κ1) is 31.2. The van der Waals surface area contributed by atoms with Gasteiger partial charge >= 0.3 is 0 Å². The topological polar surface area (TPSA) is 51.6 Å². The van der Waals surface area contributed by atoms with Gasteiger partial charge in [-0.05, 0) is 53.5 Å². The Morgan fingerprint density at radius 2 is 1.15 bits per heavy atom. The summed E-state index contributed by atoms with van der Waals surface area (Å²) in [4.78, 5) is 20.6. The summed E-state index contributed by atoms with van der Waals surface area (Å²) in [7, 11) is 0. The van der Waals surface area contributed by atoms with Crippen molar-refractivity contribution in [3.8, 4) is 33.9 Å². The predicted octanol–water partition coefficient (Wildman–Crippen LogP) is 13.3. The summed E-state index contributed by atoms with van der Waals surface area (Å²) < 4.78 is 5.08. The second-order valence-electron chi connectivity index (χ2n) is 13.7. The van der Waals surface area contributed by atoms with Crippen molar-refractivity contribution in [2.24, 2.45) is 0 Å². The van der Waals surface area contributed by atoms with Crippen molar-refractivity contribution in [2.45, 2.75) is 12.3 Å². The Kier molecular flexibility index (Phi) is 7.32. The van der Waals surface area contributed by atoms with Crippen LogP contribution in [0, 0.1) is 0 Å². The van der Waals surface area contributed by atoms with Gasteiger partial charge in [0.2, 0.25) is 0 Å². The maximum atomic E-state index is 5.46. The minimum atomic E-state index is -0.0388. The van der Waals surface area contributed by atoms with E-state index in [9.17, 15) is 0 Å². The van der Waals surface area contributed by atoms with Crippen molar-refractivity contribution in [3.05, 3.63) is 175 Å². The Balaban J connectivity index is 1.09. The lowest BCUT2D eigenvalue weighted by atomic mass is 9.92. The van der Waals surface area contributed by atoms with Crippen molar-refractivity contribution in [3.63, 3.8) is 0 Å². The molecule has 6 heteroatoms. The zero-order chi connectivity index (χ0) is 35.6. The number of hydrogen-bond donors (Lipinski definition) is 0. The van der Waals surface area contributed by atoms with E-state index in [2.05, 4.69) is 127 Å². The highest BCUT2D eigenvalue weighted by atomic mass is 32.1. The fourth-order valence-electron chi connectivity index (χ4n) is 7.87. The fourth-order valence-corrected chi connectivity index (χ4v) is 10.2. The lowest BCUT2D eigenvalue weighted by Gasteiger charge is -2.18. The molecular weight excluding hydrogens is 697 g/mol. The number of nitrogens with zero attached hydrogens (tertiary/aromatic N) is 4. The van der Waals surface area contributed by atoms with Crippen LogP contribution in [0.4, 0.5) is 0 Å². The molecule has 0 N–H and O–H groups in total. The average molecular weight is 727 g/mol. The van der Waals surface area contributed by atoms with Gasteiger partial charge in [0.1, 0.15) is 5.82 Å². The van der Waals surface area contributed by atoms with Crippen molar-refractivity contribution in [1.82, 2.24) is 19.9 Å². The zero-order valence-corrected chi connectivity index (χ0v) is 30.6.